The average molecular weight is 419 g/mol. The first-order valence-electron chi connectivity index (χ1n) is 11.3. The average Bonchev–Trinajstić information content (AvgIpc) is 2.96. The van der Waals surface area contributed by atoms with Crippen molar-refractivity contribution < 1.29 is 23.8 Å². The van der Waals surface area contributed by atoms with Crippen LogP contribution in [0.1, 0.15) is 87.0 Å². The van der Waals surface area contributed by atoms with Crippen molar-refractivity contribution in [3.63, 3.8) is 0 Å². The predicted molar refractivity (Wildman–Crippen MR) is 116 cm³/mol. The minimum Gasteiger partial charge on any atom is -0.428 e. The van der Waals surface area contributed by atoms with Gasteiger partial charge < -0.3 is 14.2 Å². The first-order chi connectivity index (χ1) is 13.8. The van der Waals surface area contributed by atoms with Crippen LogP contribution in [-0.2, 0) is 19.0 Å². The summed E-state index contributed by atoms with van der Waals surface area (Å²) in [6.45, 7) is 14.8. The van der Waals surface area contributed by atoms with E-state index in [0.29, 0.717) is 18.3 Å². The van der Waals surface area contributed by atoms with Gasteiger partial charge in [0.05, 0.1) is 0 Å². The van der Waals surface area contributed by atoms with Gasteiger partial charge in [-0.15, -0.1) is 0 Å². The second-order valence-corrected chi connectivity index (χ2v) is 11.0. The van der Waals surface area contributed by atoms with Crippen molar-refractivity contribution in [1.82, 2.24) is 0 Å². The van der Waals surface area contributed by atoms with Gasteiger partial charge in [-0.25, -0.2) is 9.59 Å². The third-order valence-corrected chi connectivity index (χ3v) is 7.97. The van der Waals surface area contributed by atoms with Gasteiger partial charge >= 0.3 is 12.1 Å². The summed E-state index contributed by atoms with van der Waals surface area (Å²) in [6.07, 6.45) is 8.53. The van der Waals surface area contributed by atoms with Crippen molar-refractivity contribution >= 4 is 12.1 Å². The van der Waals surface area contributed by atoms with E-state index in [-0.39, 0.29) is 10.8 Å². The van der Waals surface area contributed by atoms with E-state index in [4.69, 9.17) is 14.2 Å². The molecule has 1 fully saturated rings. The Balaban J connectivity index is 1.72. The van der Waals surface area contributed by atoms with E-state index in [1.54, 1.807) is 20.8 Å². The summed E-state index contributed by atoms with van der Waals surface area (Å²) >= 11 is 0. The van der Waals surface area contributed by atoms with Gasteiger partial charge in [0.15, 0.2) is 0 Å². The summed E-state index contributed by atoms with van der Waals surface area (Å²) in [7, 11) is 0. The van der Waals surface area contributed by atoms with Gasteiger partial charge in [0, 0.05) is 11.6 Å². The lowest BCUT2D eigenvalue weighted by Crippen LogP contribution is -2.49. The Labute approximate surface area is 181 Å². The number of carbonyl (C=O) groups excluding carboxylic acids is 2. The molecule has 1 saturated carbocycles. The number of carbonyl (C=O) groups is 2. The van der Waals surface area contributed by atoms with E-state index in [0.717, 1.165) is 18.4 Å². The van der Waals surface area contributed by atoms with Crippen molar-refractivity contribution in [3.8, 4) is 0 Å². The lowest BCUT2D eigenvalue weighted by molar-refractivity contribution is -0.156. The zero-order valence-corrected chi connectivity index (χ0v) is 19.7. The molecule has 0 aromatic rings. The third-order valence-electron chi connectivity index (χ3n) is 7.97. The van der Waals surface area contributed by atoms with Crippen molar-refractivity contribution in [2.24, 2.45) is 22.7 Å². The number of fused-ring (bicyclic) bond motifs is 1. The Hall–Kier alpha value is -1.78. The summed E-state index contributed by atoms with van der Waals surface area (Å²) in [5, 5.41) is 0. The largest absolute Gasteiger partial charge is 0.512 e. The van der Waals surface area contributed by atoms with Crippen LogP contribution >= 0.6 is 0 Å². The molecule has 5 heteroatoms. The van der Waals surface area contributed by atoms with Gasteiger partial charge in [-0.2, -0.15) is 0 Å². The van der Waals surface area contributed by atoms with Crippen molar-refractivity contribution in [2.45, 2.75) is 98.9 Å². The fourth-order valence-electron chi connectivity index (χ4n) is 5.83. The fraction of sp³-hybridized carbons (Fsp3) is 0.760. The predicted octanol–water partition coefficient (Wildman–Crippen LogP) is 6.33. The molecule has 168 valence electrons. The number of cyclic esters (lactones) is 1. The van der Waals surface area contributed by atoms with E-state index in [1.807, 2.05) is 0 Å². The van der Waals surface area contributed by atoms with Gasteiger partial charge in [-0.1, -0.05) is 32.4 Å². The lowest BCUT2D eigenvalue weighted by atomic mass is 9.47. The maximum atomic E-state index is 12.1. The van der Waals surface area contributed by atoms with E-state index < -0.39 is 24.0 Å². The molecular formula is C25H38O5. The van der Waals surface area contributed by atoms with E-state index in [2.05, 4.69) is 33.8 Å². The molecule has 2 aliphatic carbocycles. The Morgan fingerprint density at radius 3 is 2.63 bits per heavy atom. The molecule has 0 saturated heterocycles. The standard InChI is InChI=1S/C25H38O5/c1-16-9-8-10-19-24(16,6)13-11-17(2)25(19,7)14-12-18-15-20(26)28-21(18)29-22(27)30-23(3,4)5/h9,15,17,19,21H,8,10-14H2,1-7H3/t17-,19+,21?,24+,25+/m1/s1. The third kappa shape index (κ3) is 4.45. The number of rotatable bonds is 4. The van der Waals surface area contributed by atoms with Crippen LogP contribution < -0.4 is 0 Å². The summed E-state index contributed by atoms with van der Waals surface area (Å²) in [5.74, 6) is 0.759. The topological polar surface area (TPSA) is 61.8 Å². The first-order valence-corrected chi connectivity index (χ1v) is 11.3. The molecule has 0 aromatic carbocycles. The van der Waals surface area contributed by atoms with E-state index in [1.165, 1.54) is 30.9 Å². The van der Waals surface area contributed by atoms with Gasteiger partial charge in [-0.05, 0) is 88.9 Å². The van der Waals surface area contributed by atoms with Gasteiger partial charge in [-0.3, -0.25) is 0 Å². The molecule has 1 unspecified atom stereocenters. The molecule has 5 nitrogen and oxygen atoms in total. The molecule has 0 radical (unpaired) electrons. The van der Waals surface area contributed by atoms with Crippen LogP contribution in [0.25, 0.3) is 0 Å². The van der Waals surface area contributed by atoms with Crippen LogP contribution in [0.15, 0.2) is 23.3 Å². The van der Waals surface area contributed by atoms with Crippen LogP contribution in [0.2, 0.25) is 0 Å². The molecule has 3 aliphatic rings. The minimum atomic E-state index is -0.978. The molecule has 30 heavy (non-hydrogen) atoms. The molecule has 5 atom stereocenters. The summed E-state index contributed by atoms with van der Waals surface area (Å²) in [4.78, 5) is 24.0. The lowest BCUT2D eigenvalue weighted by Gasteiger charge is -2.58. The normalized spacial score (nSPS) is 36.4. The molecule has 0 aromatic heterocycles. The highest BCUT2D eigenvalue weighted by atomic mass is 16.8. The SMILES string of the molecule is CC1=CCC[C@@H]2[C@@](C)(CCC3=CC(=O)OC3OC(=O)OC(C)(C)C)[C@H](C)CC[C@@]12C. The molecule has 0 N–H and O–H groups in total. The van der Waals surface area contributed by atoms with E-state index in [9.17, 15) is 9.59 Å². The first kappa shape index (κ1) is 22.9. The molecule has 0 spiro atoms. The Morgan fingerprint density at radius 2 is 1.97 bits per heavy atom. The fourth-order valence-corrected chi connectivity index (χ4v) is 5.83. The monoisotopic (exact) mass is 418 g/mol. The molecule has 1 aliphatic heterocycles. The Kier molecular flexibility index (Phi) is 6.14. The number of hydrogen-bond acceptors (Lipinski definition) is 5. The van der Waals surface area contributed by atoms with Gasteiger partial charge in [0.2, 0.25) is 0 Å². The van der Waals surface area contributed by atoms with Crippen LogP contribution in [-0.4, -0.2) is 24.0 Å². The van der Waals surface area contributed by atoms with Crippen molar-refractivity contribution in [3.05, 3.63) is 23.3 Å². The maximum absolute atomic E-state index is 12.1. The second-order valence-electron chi connectivity index (χ2n) is 11.0. The molecule has 3 rings (SSSR count). The number of esters is 1. The second kappa shape index (κ2) is 8.05. The molecule has 0 amide bonds. The highest BCUT2D eigenvalue weighted by Crippen LogP contribution is 2.62. The van der Waals surface area contributed by atoms with Crippen LogP contribution in [0, 0.1) is 22.7 Å². The van der Waals surface area contributed by atoms with Crippen molar-refractivity contribution in [1.29, 1.82) is 0 Å². The Bertz CT molecular complexity index is 758. The zero-order valence-electron chi connectivity index (χ0n) is 19.7. The number of ether oxygens (including phenoxy) is 3. The highest BCUT2D eigenvalue weighted by molar-refractivity contribution is 5.85. The maximum Gasteiger partial charge on any atom is 0.512 e. The van der Waals surface area contributed by atoms with Gasteiger partial charge in [0.1, 0.15) is 5.60 Å². The summed E-state index contributed by atoms with van der Waals surface area (Å²) in [5.41, 5.74) is 2.01. The van der Waals surface area contributed by atoms with Gasteiger partial charge in [0.25, 0.3) is 6.29 Å². The van der Waals surface area contributed by atoms with Crippen molar-refractivity contribution in [2.75, 3.05) is 0 Å². The highest BCUT2D eigenvalue weighted by Gasteiger charge is 2.53. The number of allylic oxidation sites excluding steroid dienone is 2. The minimum absolute atomic E-state index is 0.158. The zero-order chi connectivity index (χ0) is 22.3. The van der Waals surface area contributed by atoms with Crippen LogP contribution in [0.4, 0.5) is 4.79 Å². The van der Waals surface area contributed by atoms with Crippen LogP contribution in [0.3, 0.4) is 0 Å². The molecule has 0 bridgehead atoms. The summed E-state index contributed by atoms with van der Waals surface area (Å²) < 4.78 is 15.8. The summed E-state index contributed by atoms with van der Waals surface area (Å²) in [6, 6.07) is 0. The smallest absolute Gasteiger partial charge is 0.428 e. The van der Waals surface area contributed by atoms with E-state index >= 15 is 0 Å². The van der Waals surface area contributed by atoms with Crippen LogP contribution in [0.5, 0.6) is 0 Å². The quantitative estimate of drug-likeness (QED) is 0.394. The Morgan fingerprint density at radius 1 is 1.27 bits per heavy atom. The molecule has 1 heterocycles. The number of hydrogen-bond donors (Lipinski definition) is 0. The molecular weight excluding hydrogens is 380 g/mol.